The molecule has 57 heavy (non-hydrogen) atoms. The largest absolute Gasteiger partial charge is 0.497 e. The molecule has 0 saturated carbocycles. The topological polar surface area (TPSA) is 27.7 Å². The number of quaternary nitrogens is 1. The van der Waals surface area contributed by atoms with Gasteiger partial charge < -0.3 is 18.7 Å². The van der Waals surface area contributed by atoms with E-state index in [2.05, 4.69) is 107 Å². The molecule has 0 aliphatic heterocycles. The van der Waals surface area contributed by atoms with Crippen LogP contribution >= 0.6 is 0 Å². The molecule has 1 unspecified atom stereocenters. The molecule has 3 aromatic carbocycles. The first-order chi connectivity index (χ1) is 27.9. The van der Waals surface area contributed by atoms with Gasteiger partial charge in [-0.3, -0.25) is 0 Å². The quantitative estimate of drug-likeness (QED) is 0.0358. The second-order valence-corrected chi connectivity index (χ2v) is 16.9. The van der Waals surface area contributed by atoms with Crippen LogP contribution in [0.25, 0.3) is 0 Å². The first-order valence-electron chi connectivity index (χ1n) is 23.7. The van der Waals surface area contributed by atoms with Crippen molar-refractivity contribution in [2.75, 3.05) is 47.5 Å². The molecule has 0 aliphatic rings. The zero-order valence-electron chi connectivity index (χ0n) is 38.4. The molecule has 320 valence electrons. The molecule has 0 heterocycles. The summed E-state index contributed by atoms with van der Waals surface area (Å²) in [4.78, 5) is 0. The highest BCUT2D eigenvalue weighted by molar-refractivity contribution is 6.59. The summed E-state index contributed by atoms with van der Waals surface area (Å²) in [6.07, 6.45) is 28.0. The van der Waals surface area contributed by atoms with E-state index in [1.807, 2.05) is 0 Å². The second-order valence-electron chi connectivity index (χ2n) is 16.9. The monoisotopic (exact) mass is 785 g/mol. The lowest BCUT2D eigenvalue weighted by atomic mass is 9.34. The van der Waals surface area contributed by atoms with Crippen LogP contribution in [0.1, 0.15) is 179 Å². The Morgan fingerprint density at radius 1 is 0.404 bits per heavy atom. The van der Waals surface area contributed by atoms with Gasteiger partial charge in [0.05, 0.1) is 47.5 Å². The molecule has 4 nitrogen and oxygen atoms in total. The smallest absolute Gasteiger partial charge is 0.157 e. The van der Waals surface area contributed by atoms with Crippen LogP contribution in [0.15, 0.2) is 72.8 Å². The van der Waals surface area contributed by atoms with Crippen molar-refractivity contribution < 1.29 is 18.7 Å². The predicted molar refractivity (Wildman–Crippen MR) is 251 cm³/mol. The summed E-state index contributed by atoms with van der Waals surface area (Å²) >= 11 is 0. The zero-order valence-corrected chi connectivity index (χ0v) is 38.4. The first kappa shape index (κ1) is 50.2. The van der Waals surface area contributed by atoms with Crippen molar-refractivity contribution in [1.82, 2.24) is 0 Å². The Hall–Kier alpha value is -2.92. The van der Waals surface area contributed by atoms with E-state index in [9.17, 15) is 0 Å². The van der Waals surface area contributed by atoms with E-state index in [4.69, 9.17) is 14.2 Å². The molecule has 0 aliphatic carbocycles. The molecule has 0 bridgehead atoms. The number of benzene rings is 3. The summed E-state index contributed by atoms with van der Waals surface area (Å²) in [6.45, 7) is 17.8. The van der Waals surface area contributed by atoms with Crippen molar-refractivity contribution >= 4 is 6.71 Å². The van der Waals surface area contributed by atoms with Gasteiger partial charge in [0, 0.05) is 0 Å². The maximum atomic E-state index is 5.49. The standard InChI is InChI=1S/C36H51BO3.C16H36N/c1-5-6-7-8-9-10-11-12-13-14-15-36(32-20-26-35(40-4)27-21-32)37(28-30-16-22-33(38-2)23-17-30)29-31-18-24-34(39-3)25-19-31;1-5-9-13-17(14-10-6-2,15-11-7-3)16-12-8-4/h16-27,36H,5-15,28-29H2,1-4H3;5-16H2,1-4H3/q;+1. The van der Waals surface area contributed by atoms with Gasteiger partial charge >= 0.3 is 0 Å². The molecule has 1 atom stereocenters. The van der Waals surface area contributed by atoms with Crippen LogP contribution in [-0.4, -0.2) is 58.7 Å². The van der Waals surface area contributed by atoms with Gasteiger partial charge in [0.2, 0.25) is 0 Å². The minimum absolute atomic E-state index is 0.476. The molecular formula is C52H87BNO3+. The van der Waals surface area contributed by atoms with Gasteiger partial charge in [-0.2, -0.15) is 0 Å². The molecule has 3 aromatic rings. The Morgan fingerprint density at radius 3 is 1.05 bits per heavy atom. The van der Waals surface area contributed by atoms with E-state index in [1.165, 1.54) is 169 Å². The van der Waals surface area contributed by atoms with E-state index in [0.29, 0.717) is 12.5 Å². The van der Waals surface area contributed by atoms with Gasteiger partial charge in [0.1, 0.15) is 17.2 Å². The molecular weight excluding hydrogens is 697 g/mol. The van der Waals surface area contributed by atoms with E-state index >= 15 is 0 Å². The van der Waals surface area contributed by atoms with Crippen molar-refractivity contribution in [3.05, 3.63) is 89.5 Å². The fourth-order valence-corrected chi connectivity index (χ4v) is 8.51. The Bertz CT molecular complexity index is 1260. The van der Waals surface area contributed by atoms with Crippen LogP contribution < -0.4 is 14.2 Å². The van der Waals surface area contributed by atoms with Gasteiger partial charge in [-0.15, -0.1) is 0 Å². The second kappa shape index (κ2) is 32.0. The molecule has 0 fully saturated rings. The van der Waals surface area contributed by atoms with Gasteiger partial charge in [0.15, 0.2) is 6.71 Å². The molecule has 5 heteroatoms. The summed E-state index contributed by atoms with van der Waals surface area (Å²) in [7, 11) is 5.20. The molecule has 0 radical (unpaired) electrons. The summed E-state index contributed by atoms with van der Waals surface area (Å²) in [6, 6.07) is 26.1. The molecule has 0 amide bonds. The molecule has 0 N–H and O–H groups in total. The van der Waals surface area contributed by atoms with Gasteiger partial charge in [-0.25, -0.2) is 0 Å². The van der Waals surface area contributed by atoms with Crippen LogP contribution in [0.4, 0.5) is 0 Å². The number of ether oxygens (including phenoxy) is 3. The summed E-state index contributed by atoms with van der Waals surface area (Å²) in [5, 5.41) is 0. The molecule has 0 aromatic heterocycles. The lowest BCUT2D eigenvalue weighted by Crippen LogP contribution is -2.50. The van der Waals surface area contributed by atoms with Crippen molar-refractivity contribution in [2.45, 2.75) is 175 Å². The Morgan fingerprint density at radius 2 is 0.719 bits per heavy atom. The third-order valence-electron chi connectivity index (χ3n) is 12.2. The summed E-state index contributed by atoms with van der Waals surface area (Å²) in [5.74, 6) is 3.22. The number of unbranched alkanes of at least 4 members (excludes halogenated alkanes) is 13. The number of hydrogen-bond acceptors (Lipinski definition) is 3. The third-order valence-corrected chi connectivity index (χ3v) is 12.2. The van der Waals surface area contributed by atoms with Crippen LogP contribution in [0.5, 0.6) is 17.2 Å². The van der Waals surface area contributed by atoms with E-state index in [-0.39, 0.29) is 0 Å². The summed E-state index contributed by atoms with van der Waals surface area (Å²) in [5.41, 5.74) is 4.14. The first-order valence-corrected chi connectivity index (χ1v) is 23.7. The molecule has 0 saturated heterocycles. The van der Waals surface area contributed by atoms with Gasteiger partial charge in [0.25, 0.3) is 0 Å². The number of nitrogens with zero attached hydrogens (tertiary/aromatic N) is 1. The average molecular weight is 785 g/mol. The highest BCUT2D eigenvalue weighted by atomic mass is 16.5. The van der Waals surface area contributed by atoms with Crippen LogP contribution in [0.3, 0.4) is 0 Å². The number of methoxy groups -OCH3 is 3. The Kier molecular flexibility index (Phi) is 28.2. The highest BCUT2D eigenvalue weighted by Gasteiger charge is 2.28. The van der Waals surface area contributed by atoms with E-state index in [0.717, 1.165) is 29.9 Å². The lowest BCUT2D eigenvalue weighted by Gasteiger charge is -2.39. The number of rotatable bonds is 32. The summed E-state index contributed by atoms with van der Waals surface area (Å²) < 4.78 is 17.8. The van der Waals surface area contributed by atoms with Crippen molar-refractivity contribution in [2.24, 2.45) is 0 Å². The minimum atomic E-state index is 0.476. The van der Waals surface area contributed by atoms with E-state index in [1.54, 1.807) is 21.3 Å². The highest BCUT2D eigenvalue weighted by Crippen LogP contribution is 2.31. The zero-order chi connectivity index (χ0) is 41.4. The van der Waals surface area contributed by atoms with Gasteiger partial charge in [-0.1, -0.05) is 184 Å². The average Bonchev–Trinajstić information content (AvgIpc) is 3.25. The van der Waals surface area contributed by atoms with E-state index < -0.39 is 0 Å². The Labute approximate surface area is 353 Å². The van der Waals surface area contributed by atoms with Crippen LogP contribution in [0.2, 0.25) is 0 Å². The fourth-order valence-electron chi connectivity index (χ4n) is 8.51. The molecule has 3 rings (SSSR count). The maximum absolute atomic E-state index is 5.49. The fraction of sp³-hybridized carbons (Fsp3) is 0.654. The normalized spacial score (nSPS) is 11.8. The maximum Gasteiger partial charge on any atom is 0.157 e. The third kappa shape index (κ3) is 21.1. The van der Waals surface area contributed by atoms with Crippen molar-refractivity contribution in [3.63, 3.8) is 0 Å². The van der Waals surface area contributed by atoms with Crippen molar-refractivity contribution in [3.8, 4) is 17.2 Å². The Balaban J connectivity index is 0.000000555. The SMILES string of the molecule is CCCCCCCCCCCCC(B(Cc1ccc(OC)cc1)Cc1ccc(OC)cc1)c1ccc(OC)cc1.CCCC[N+](CCCC)(CCCC)CCCC. The van der Waals surface area contributed by atoms with Gasteiger partial charge in [-0.05, 0) is 80.5 Å². The lowest BCUT2D eigenvalue weighted by molar-refractivity contribution is -0.929. The predicted octanol–water partition coefficient (Wildman–Crippen LogP) is 14.7. The molecule has 0 spiro atoms. The number of hydrogen-bond donors (Lipinski definition) is 0. The van der Waals surface area contributed by atoms with Crippen molar-refractivity contribution in [1.29, 1.82) is 0 Å². The minimum Gasteiger partial charge on any atom is -0.497 e. The van der Waals surface area contributed by atoms with Crippen LogP contribution in [-0.2, 0) is 12.6 Å². The van der Waals surface area contributed by atoms with Crippen LogP contribution in [0, 0.1) is 0 Å².